The number of para-hydroxylation sites is 1. The van der Waals surface area contributed by atoms with Crippen molar-refractivity contribution in [3.8, 4) is 5.75 Å². The Kier molecular flexibility index (Phi) is 3.34. The van der Waals surface area contributed by atoms with Crippen LogP contribution < -0.4 is 15.8 Å². The molecular formula is C15H18N2O3. The van der Waals surface area contributed by atoms with Gasteiger partial charge in [-0.2, -0.15) is 0 Å². The molecule has 3 atom stereocenters. The molecule has 0 unspecified atom stereocenters. The Hall–Kier alpha value is -2.04. The van der Waals surface area contributed by atoms with E-state index in [0.717, 1.165) is 30.6 Å². The SMILES string of the molecule is NC(=O)[C@@H]1CCC[C@@H]1NC(=O)[C@@H]1COc2ccccc21. The average Bonchev–Trinajstić information content (AvgIpc) is 3.04. The van der Waals surface area contributed by atoms with Gasteiger partial charge in [-0.25, -0.2) is 0 Å². The summed E-state index contributed by atoms with van der Waals surface area (Å²) >= 11 is 0. The van der Waals surface area contributed by atoms with Crippen LogP contribution in [0.25, 0.3) is 0 Å². The van der Waals surface area contributed by atoms with E-state index in [-0.39, 0.29) is 29.7 Å². The highest BCUT2D eigenvalue weighted by atomic mass is 16.5. The highest BCUT2D eigenvalue weighted by Gasteiger charge is 2.36. The molecular weight excluding hydrogens is 256 g/mol. The molecule has 5 nitrogen and oxygen atoms in total. The van der Waals surface area contributed by atoms with E-state index in [9.17, 15) is 9.59 Å². The van der Waals surface area contributed by atoms with Crippen molar-refractivity contribution in [2.75, 3.05) is 6.61 Å². The Balaban J connectivity index is 1.70. The van der Waals surface area contributed by atoms with E-state index in [0.29, 0.717) is 6.61 Å². The maximum Gasteiger partial charge on any atom is 0.231 e. The third-order valence-corrected chi connectivity index (χ3v) is 4.23. The van der Waals surface area contributed by atoms with E-state index in [1.54, 1.807) is 0 Å². The van der Waals surface area contributed by atoms with Crippen molar-refractivity contribution in [1.29, 1.82) is 0 Å². The number of benzene rings is 1. The quantitative estimate of drug-likeness (QED) is 0.860. The molecule has 2 amide bonds. The molecule has 0 aromatic heterocycles. The van der Waals surface area contributed by atoms with Crippen LogP contribution in [0.1, 0.15) is 30.7 Å². The first-order valence-corrected chi connectivity index (χ1v) is 6.98. The molecule has 1 aromatic carbocycles. The third-order valence-electron chi connectivity index (χ3n) is 4.23. The Morgan fingerprint density at radius 3 is 2.85 bits per heavy atom. The highest BCUT2D eigenvalue weighted by Crippen LogP contribution is 2.34. The van der Waals surface area contributed by atoms with Gasteiger partial charge in [0.15, 0.2) is 0 Å². The number of nitrogens with one attached hydrogen (secondary N) is 1. The van der Waals surface area contributed by atoms with Gasteiger partial charge in [0.1, 0.15) is 18.3 Å². The largest absolute Gasteiger partial charge is 0.492 e. The van der Waals surface area contributed by atoms with Crippen LogP contribution in [-0.2, 0) is 9.59 Å². The lowest BCUT2D eigenvalue weighted by Gasteiger charge is -2.20. The smallest absolute Gasteiger partial charge is 0.231 e. The van der Waals surface area contributed by atoms with Gasteiger partial charge in [-0.15, -0.1) is 0 Å². The van der Waals surface area contributed by atoms with Gasteiger partial charge in [-0.05, 0) is 18.9 Å². The number of primary amides is 1. The zero-order valence-corrected chi connectivity index (χ0v) is 11.2. The minimum Gasteiger partial charge on any atom is -0.492 e. The van der Waals surface area contributed by atoms with Gasteiger partial charge in [0.25, 0.3) is 0 Å². The van der Waals surface area contributed by atoms with E-state index in [1.165, 1.54) is 0 Å². The van der Waals surface area contributed by atoms with Crippen molar-refractivity contribution in [2.24, 2.45) is 11.7 Å². The van der Waals surface area contributed by atoms with E-state index < -0.39 is 0 Å². The highest BCUT2D eigenvalue weighted by molar-refractivity contribution is 5.87. The molecule has 0 radical (unpaired) electrons. The van der Waals surface area contributed by atoms with Gasteiger partial charge in [-0.1, -0.05) is 24.6 Å². The number of rotatable bonds is 3. The second-order valence-electron chi connectivity index (χ2n) is 5.46. The van der Waals surface area contributed by atoms with E-state index in [2.05, 4.69) is 5.32 Å². The topological polar surface area (TPSA) is 81.4 Å². The van der Waals surface area contributed by atoms with Gasteiger partial charge in [0, 0.05) is 11.6 Å². The van der Waals surface area contributed by atoms with E-state index >= 15 is 0 Å². The van der Waals surface area contributed by atoms with E-state index in [4.69, 9.17) is 10.5 Å². The van der Waals surface area contributed by atoms with Crippen LogP contribution in [0.5, 0.6) is 5.75 Å². The van der Waals surface area contributed by atoms with Crippen LogP contribution in [0.2, 0.25) is 0 Å². The Labute approximate surface area is 117 Å². The molecule has 3 rings (SSSR count). The predicted octanol–water partition coefficient (Wildman–Crippen LogP) is 0.933. The van der Waals surface area contributed by atoms with Gasteiger partial charge in [0.2, 0.25) is 11.8 Å². The second kappa shape index (κ2) is 5.15. The van der Waals surface area contributed by atoms with Gasteiger partial charge in [-0.3, -0.25) is 9.59 Å². The van der Waals surface area contributed by atoms with Crippen molar-refractivity contribution in [3.05, 3.63) is 29.8 Å². The summed E-state index contributed by atoms with van der Waals surface area (Å²) in [6, 6.07) is 7.43. The molecule has 5 heteroatoms. The third kappa shape index (κ3) is 2.24. The summed E-state index contributed by atoms with van der Waals surface area (Å²) in [5.41, 5.74) is 6.29. The van der Waals surface area contributed by atoms with Crippen LogP contribution >= 0.6 is 0 Å². The zero-order valence-electron chi connectivity index (χ0n) is 11.2. The summed E-state index contributed by atoms with van der Waals surface area (Å²) in [5.74, 6) is -0.161. The number of fused-ring (bicyclic) bond motifs is 1. The van der Waals surface area contributed by atoms with Crippen LogP contribution in [0, 0.1) is 5.92 Å². The second-order valence-corrected chi connectivity index (χ2v) is 5.46. The summed E-state index contributed by atoms with van der Waals surface area (Å²) in [6.45, 7) is 0.360. The predicted molar refractivity (Wildman–Crippen MR) is 73.1 cm³/mol. The first-order valence-electron chi connectivity index (χ1n) is 6.98. The number of amides is 2. The molecule has 1 fully saturated rings. The van der Waals surface area contributed by atoms with Crippen LogP contribution in [0.3, 0.4) is 0 Å². The lowest BCUT2D eigenvalue weighted by Crippen LogP contribution is -2.44. The number of hydrogen-bond donors (Lipinski definition) is 2. The van der Waals surface area contributed by atoms with Crippen molar-refractivity contribution in [2.45, 2.75) is 31.2 Å². The molecule has 1 heterocycles. The van der Waals surface area contributed by atoms with Crippen LogP contribution in [0.15, 0.2) is 24.3 Å². The standard InChI is InChI=1S/C15H18N2O3/c16-14(18)10-5-3-6-12(10)17-15(19)11-8-20-13-7-2-1-4-9(11)13/h1-2,4,7,10-12H,3,5-6,8H2,(H2,16,18)(H,17,19)/t10-,11-,12+/m1/s1. The maximum atomic E-state index is 12.4. The molecule has 0 spiro atoms. The van der Waals surface area contributed by atoms with Gasteiger partial charge in [0.05, 0.1) is 5.92 Å². The Morgan fingerprint density at radius 2 is 2.05 bits per heavy atom. The number of carbonyl (C=O) groups excluding carboxylic acids is 2. The molecule has 0 saturated heterocycles. The number of ether oxygens (including phenoxy) is 1. The summed E-state index contributed by atoms with van der Waals surface area (Å²) in [6.07, 6.45) is 2.50. The fourth-order valence-corrected chi connectivity index (χ4v) is 3.14. The van der Waals surface area contributed by atoms with Crippen molar-refractivity contribution < 1.29 is 14.3 Å². The fourth-order valence-electron chi connectivity index (χ4n) is 3.14. The monoisotopic (exact) mass is 274 g/mol. The normalized spacial score (nSPS) is 27.7. The summed E-state index contributed by atoms with van der Waals surface area (Å²) < 4.78 is 5.52. The van der Waals surface area contributed by atoms with E-state index in [1.807, 2.05) is 24.3 Å². The number of hydrogen-bond acceptors (Lipinski definition) is 3. The lowest BCUT2D eigenvalue weighted by atomic mass is 9.98. The summed E-state index contributed by atoms with van der Waals surface area (Å²) in [7, 11) is 0. The minimum atomic E-state index is -0.323. The molecule has 0 bridgehead atoms. The first kappa shape index (κ1) is 13.0. The Morgan fingerprint density at radius 1 is 1.25 bits per heavy atom. The summed E-state index contributed by atoms with van der Waals surface area (Å²) in [5, 5.41) is 2.97. The Bertz CT molecular complexity index is 544. The lowest BCUT2D eigenvalue weighted by molar-refractivity contribution is -0.125. The molecule has 1 saturated carbocycles. The van der Waals surface area contributed by atoms with Crippen molar-refractivity contribution in [1.82, 2.24) is 5.32 Å². The average molecular weight is 274 g/mol. The molecule has 20 heavy (non-hydrogen) atoms. The van der Waals surface area contributed by atoms with Gasteiger partial charge < -0.3 is 15.8 Å². The number of carbonyl (C=O) groups is 2. The van der Waals surface area contributed by atoms with Crippen molar-refractivity contribution >= 4 is 11.8 Å². The molecule has 3 N–H and O–H groups in total. The zero-order chi connectivity index (χ0) is 14.1. The molecule has 2 aliphatic rings. The fraction of sp³-hybridized carbons (Fsp3) is 0.467. The maximum absolute atomic E-state index is 12.4. The molecule has 1 aliphatic heterocycles. The molecule has 1 aliphatic carbocycles. The molecule has 106 valence electrons. The van der Waals surface area contributed by atoms with Crippen molar-refractivity contribution in [3.63, 3.8) is 0 Å². The first-order chi connectivity index (χ1) is 9.66. The number of nitrogens with two attached hydrogens (primary N) is 1. The van der Waals surface area contributed by atoms with Crippen LogP contribution in [0.4, 0.5) is 0 Å². The summed E-state index contributed by atoms with van der Waals surface area (Å²) in [4.78, 5) is 23.7. The molecule has 1 aromatic rings. The minimum absolute atomic E-state index is 0.0758. The van der Waals surface area contributed by atoms with Crippen LogP contribution in [-0.4, -0.2) is 24.5 Å². The van der Waals surface area contributed by atoms with Gasteiger partial charge >= 0.3 is 0 Å².